The third-order valence-electron chi connectivity index (χ3n) is 15.8. The van der Waals surface area contributed by atoms with Crippen molar-refractivity contribution >= 4 is 91.8 Å². The first-order valence-corrected chi connectivity index (χ1v) is 27.0. The lowest BCUT2D eigenvalue weighted by atomic mass is 9.76. The van der Waals surface area contributed by atoms with Crippen molar-refractivity contribution < 1.29 is 38.1 Å². The first-order chi connectivity index (χ1) is 38.2. The molecule has 0 aromatic carbocycles. The number of aliphatic imine (C=N–C) groups is 2. The predicted molar refractivity (Wildman–Crippen MR) is 315 cm³/mol. The lowest BCUT2D eigenvalue weighted by Crippen LogP contribution is -2.38. The largest absolute Gasteiger partial charge is 0.469 e. The number of esters is 4. The molecule has 6 aliphatic rings. The van der Waals surface area contributed by atoms with Gasteiger partial charge in [0.15, 0.2) is 0 Å². The maximum atomic E-state index is 12.4. The molecule has 16 bridgehead atoms. The average Bonchev–Trinajstić information content (AvgIpc) is 4.34. The third kappa shape index (κ3) is 11.7. The molecule has 0 fully saturated rings. The van der Waals surface area contributed by atoms with Gasteiger partial charge in [-0.1, -0.05) is 6.08 Å². The number of ether oxygens (including phenoxy) is 4. The fraction of sp³-hybridized carbons (Fsp3) is 0.344. The smallest absolute Gasteiger partial charge is 0.305 e. The van der Waals surface area contributed by atoms with Gasteiger partial charge in [-0.05, 0) is 216 Å². The molecule has 0 radical (unpaired) electrons. The van der Waals surface area contributed by atoms with Crippen molar-refractivity contribution in [3.63, 3.8) is 0 Å². The molecule has 2 unspecified atom stereocenters. The van der Waals surface area contributed by atoms with Gasteiger partial charge in [0.05, 0.1) is 73.9 Å². The van der Waals surface area contributed by atoms with Crippen molar-refractivity contribution in [1.29, 1.82) is 0 Å². The maximum Gasteiger partial charge on any atom is 0.305 e. The number of carbonyl (C=O) groups excluding carboxylic acids is 4. The first kappa shape index (κ1) is 56.1. The number of aromatic nitrogens is 5. The number of fused-ring (bicyclic) bond motifs is 14. The molecule has 10 rings (SSSR count). The monoisotopic (exact) mass is 1080 g/mol. The minimum atomic E-state index is -0.842. The van der Waals surface area contributed by atoms with Gasteiger partial charge in [-0.2, -0.15) is 0 Å². The van der Waals surface area contributed by atoms with Crippen molar-refractivity contribution in [3.05, 3.63) is 151 Å². The Balaban J connectivity index is 0.000000194. The lowest BCUT2D eigenvalue weighted by Gasteiger charge is -2.34. The highest BCUT2D eigenvalue weighted by Crippen LogP contribution is 2.47. The Morgan fingerprint density at radius 1 is 0.562 bits per heavy atom. The van der Waals surface area contributed by atoms with Crippen LogP contribution in [0.15, 0.2) is 117 Å². The predicted octanol–water partition coefficient (Wildman–Crippen LogP) is 10.2. The quantitative estimate of drug-likeness (QED) is 0.0773. The van der Waals surface area contributed by atoms with E-state index >= 15 is 0 Å². The fourth-order valence-corrected chi connectivity index (χ4v) is 11.4. The molecule has 0 saturated carbocycles. The van der Waals surface area contributed by atoms with Crippen LogP contribution in [0.2, 0.25) is 0 Å². The average molecular weight is 1080 g/mol. The van der Waals surface area contributed by atoms with Crippen LogP contribution >= 0.6 is 0 Å². The van der Waals surface area contributed by atoms with E-state index in [1.54, 1.807) is 0 Å². The van der Waals surface area contributed by atoms with E-state index in [9.17, 15) is 19.2 Å². The zero-order valence-electron chi connectivity index (χ0n) is 47.8. The Morgan fingerprint density at radius 2 is 1.10 bits per heavy atom. The molecule has 4 aromatic heterocycles. The van der Waals surface area contributed by atoms with Gasteiger partial charge in [0, 0.05) is 64.1 Å². The van der Waals surface area contributed by atoms with Crippen molar-refractivity contribution in [3.8, 4) is 0 Å². The van der Waals surface area contributed by atoms with Gasteiger partial charge in [0.25, 0.3) is 0 Å². The summed E-state index contributed by atoms with van der Waals surface area (Å²) in [5, 5.41) is 5.57. The normalized spacial score (nSPS) is 19.1. The van der Waals surface area contributed by atoms with Gasteiger partial charge in [0.1, 0.15) is 5.54 Å². The summed E-state index contributed by atoms with van der Waals surface area (Å²) < 4.78 is 19.8. The number of rotatable bonds is 12. The third-order valence-corrected chi connectivity index (χ3v) is 15.8. The van der Waals surface area contributed by atoms with Crippen LogP contribution in [0.25, 0.3) is 56.5 Å². The Hall–Kier alpha value is -8.66. The zero-order chi connectivity index (χ0) is 57.2. The van der Waals surface area contributed by atoms with Gasteiger partial charge in [-0.25, -0.2) is 15.0 Å². The molecule has 4 N–H and O–H groups in total. The molecule has 16 nitrogen and oxygen atoms in total. The van der Waals surface area contributed by atoms with E-state index in [1.807, 2.05) is 69.3 Å². The van der Waals surface area contributed by atoms with Crippen LogP contribution in [0, 0.1) is 13.8 Å². The van der Waals surface area contributed by atoms with Crippen molar-refractivity contribution in [2.75, 3.05) is 28.4 Å². The Morgan fingerprint density at radius 3 is 1.70 bits per heavy atom. The number of hydrogen-bond donors (Lipinski definition) is 4. The second-order valence-corrected chi connectivity index (χ2v) is 21.3. The van der Waals surface area contributed by atoms with E-state index in [-0.39, 0.29) is 49.6 Å². The summed E-state index contributed by atoms with van der Waals surface area (Å²) in [6.07, 6.45) is 15.2. The van der Waals surface area contributed by atoms with Crippen molar-refractivity contribution in [2.24, 2.45) is 9.98 Å². The van der Waals surface area contributed by atoms with Crippen molar-refractivity contribution in [1.82, 2.24) is 30.2 Å². The number of nitrogens with one attached hydrogen (secondary N) is 4. The highest BCUT2D eigenvalue weighted by molar-refractivity contribution is 6.23. The van der Waals surface area contributed by atoms with Gasteiger partial charge < -0.3 is 39.2 Å². The van der Waals surface area contributed by atoms with Gasteiger partial charge in [-0.15, -0.1) is 0 Å². The Labute approximate surface area is 465 Å². The Bertz CT molecular complexity index is 3880. The van der Waals surface area contributed by atoms with E-state index in [1.165, 1.54) is 28.4 Å². The van der Waals surface area contributed by atoms with Gasteiger partial charge in [-0.3, -0.25) is 24.2 Å². The van der Waals surface area contributed by atoms with Crippen LogP contribution in [0.1, 0.15) is 127 Å². The highest BCUT2D eigenvalue weighted by atomic mass is 16.5. The molecule has 10 heterocycles. The van der Waals surface area contributed by atoms with Crippen LogP contribution in [0.3, 0.4) is 0 Å². The molecule has 6 aliphatic heterocycles. The molecule has 4 aromatic rings. The van der Waals surface area contributed by atoms with E-state index in [0.717, 1.165) is 134 Å². The second-order valence-electron chi connectivity index (χ2n) is 21.3. The van der Waals surface area contributed by atoms with Gasteiger partial charge >= 0.3 is 23.9 Å². The molecule has 80 heavy (non-hydrogen) atoms. The van der Waals surface area contributed by atoms with E-state index < -0.39 is 11.1 Å². The van der Waals surface area contributed by atoms with E-state index in [4.69, 9.17) is 38.9 Å². The summed E-state index contributed by atoms with van der Waals surface area (Å²) in [7, 11) is 5.60. The fourth-order valence-electron chi connectivity index (χ4n) is 11.4. The summed E-state index contributed by atoms with van der Waals surface area (Å²) in [4.78, 5) is 79.5. The summed E-state index contributed by atoms with van der Waals surface area (Å²) in [6.45, 7) is 16.5. The van der Waals surface area contributed by atoms with Crippen LogP contribution < -0.4 is 16.0 Å². The number of methoxy groups -OCH3 is 4. The molecule has 0 spiro atoms. The summed E-state index contributed by atoms with van der Waals surface area (Å²) in [6, 6.07) is 16.4. The number of hydrogen-bond acceptors (Lipinski definition) is 13. The highest BCUT2D eigenvalue weighted by Gasteiger charge is 2.45. The van der Waals surface area contributed by atoms with Crippen molar-refractivity contribution in [2.45, 2.75) is 118 Å². The number of allylic oxidation sites excluding steroid dienone is 8. The van der Waals surface area contributed by atoms with E-state index in [0.29, 0.717) is 25.7 Å². The number of carbonyl (C=O) groups is 4. The lowest BCUT2D eigenvalue weighted by molar-refractivity contribution is -0.141. The number of H-pyrrole nitrogens is 3. The molecule has 16 heteroatoms. The molecule has 0 saturated heterocycles. The first-order valence-electron chi connectivity index (χ1n) is 27.0. The summed E-state index contributed by atoms with van der Waals surface area (Å²) in [5.41, 5.74) is 19.6. The minimum Gasteiger partial charge on any atom is -0.469 e. The summed E-state index contributed by atoms with van der Waals surface area (Å²) >= 11 is 0. The molecule has 2 atom stereocenters. The molecular weight excluding hydrogens is 1010 g/mol. The summed E-state index contributed by atoms with van der Waals surface area (Å²) in [5.74, 6) is -1.13. The van der Waals surface area contributed by atoms with Crippen LogP contribution in [-0.2, 0) is 38.1 Å². The molecule has 0 amide bonds. The minimum absolute atomic E-state index is 0.181. The maximum absolute atomic E-state index is 12.4. The number of aromatic amines is 3. The van der Waals surface area contributed by atoms with E-state index in [2.05, 4.69) is 91.3 Å². The number of nitrogens with zero attached hydrogens (tertiary/aromatic N) is 4. The topological polar surface area (TPSA) is 215 Å². The van der Waals surface area contributed by atoms with Crippen LogP contribution in [-0.4, -0.2) is 99.7 Å². The molecule has 0 aliphatic carbocycles. The zero-order valence-corrected chi connectivity index (χ0v) is 47.8. The van der Waals surface area contributed by atoms with Crippen LogP contribution in [0.5, 0.6) is 0 Å². The van der Waals surface area contributed by atoms with Gasteiger partial charge in [0.2, 0.25) is 0 Å². The SMILES string of the molecule is COC(=O)CCC1=C(C)C2=NC1(CCC(=O)OC)C(C)=C1NC(C)(C=C3C=CC(=N3)C=c3ccc([nH]3)=C2)C=C1C.COC(=O)CCC1=C(C)c2cc3cc(C)c(cc4cc(C)c(cc5nc(cc1n2)C(CCC(=O)OC)=C5C)[nH]4)[nH]3. The van der Waals surface area contributed by atoms with Crippen LogP contribution in [0.4, 0.5) is 0 Å². The second kappa shape index (κ2) is 23.0. The Kier molecular flexibility index (Phi) is 16.1. The molecular formula is C64H70N8O8. The number of aryl methyl sites for hydroxylation is 2. The molecule has 414 valence electrons. The standard InChI is InChI=1S/C32H34N4O4.C32H36N4O4/c1-17-11-22-14-27-19(3)23(7-9-31(37)39-5)29(35-27)16-30-24(8-10-32(38)40-6)20(4)28(36-30)15-26-18(2)12-21(34-26)13-25(17)33-22;1-19-17-31(4)18-25-10-9-23(34-25)15-22-7-8-24(33-22)16-27-20(2)26(11-12-28(37)39-5)32(35-27,14-13-29(38)40-6)21(3)30(19)36-31/h11-16,33-34H,7-10H2,1-6H3;7-10,15-18,33,36H,11-14H2,1-6H3.